The first-order valence-corrected chi connectivity index (χ1v) is 7.52. The van der Waals surface area contributed by atoms with Crippen LogP contribution >= 0.6 is 0 Å². The SMILES string of the molecule is CCN(C(=O)C(=O)N(C(C)=O)c1ccc(N)cc1)c1ccccc1. The number of rotatable bonds is 3. The summed E-state index contributed by atoms with van der Waals surface area (Å²) >= 11 is 0. The lowest BCUT2D eigenvalue weighted by molar-refractivity contribution is -0.138. The van der Waals surface area contributed by atoms with Gasteiger partial charge in [-0.3, -0.25) is 14.4 Å². The minimum atomic E-state index is -0.905. The molecule has 0 aromatic heterocycles. The highest BCUT2D eigenvalue weighted by Crippen LogP contribution is 2.19. The lowest BCUT2D eigenvalue weighted by Crippen LogP contribution is -2.47. The first-order valence-electron chi connectivity index (χ1n) is 7.52. The normalized spacial score (nSPS) is 10.1. The van der Waals surface area contributed by atoms with E-state index in [2.05, 4.69) is 0 Å². The first-order chi connectivity index (χ1) is 11.5. The molecule has 0 aliphatic carbocycles. The molecule has 0 heterocycles. The van der Waals surface area contributed by atoms with E-state index in [1.807, 2.05) is 6.07 Å². The van der Waals surface area contributed by atoms with Gasteiger partial charge in [0, 0.05) is 24.8 Å². The minimum absolute atomic E-state index is 0.305. The largest absolute Gasteiger partial charge is 0.399 e. The minimum Gasteiger partial charge on any atom is -0.399 e. The molecule has 0 aliphatic heterocycles. The van der Waals surface area contributed by atoms with Crippen molar-refractivity contribution < 1.29 is 14.4 Å². The van der Waals surface area contributed by atoms with Crippen molar-refractivity contribution in [2.45, 2.75) is 13.8 Å². The number of hydrogen-bond donors (Lipinski definition) is 1. The van der Waals surface area contributed by atoms with Crippen molar-refractivity contribution in [1.29, 1.82) is 0 Å². The maximum Gasteiger partial charge on any atom is 0.323 e. The van der Waals surface area contributed by atoms with Crippen LogP contribution in [0.15, 0.2) is 54.6 Å². The van der Waals surface area contributed by atoms with Gasteiger partial charge in [0.25, 0.3) is 0 Å². The molecule has 6 nitrogen and oxygen atoms in total. The van der Waals surface area contributed by atoms with Gasteiger partial charge in [0.05, 0.1) is 5.69 Å². The van der Waals surface area contributed by atoms with Gasteiger partial charge in [-0.2, -0.15) is 0 Å². The zero-order valence-corrected chi connectivity index (χ0v) is 13.6. The molecule has 24 heavy (non-hydrogen) atoms. The Balaban J connectivity index is 2.33. The average Bonchev–Trinajstić information content (AvgIpc) is 2.58. The van der Waals surface area contributed by atoms with E-state index in [1.165, 1.54) is 24.0 Å². The highest BCUT2D eigenvalue weighted by Gasteiger charge is 2.30. The van der Waals surface area contributed by atoms with Crippen molar-refractivity contribution in [2.75, 3.05) is 22.1 Å². The highest BCUT2D eigenvalue weighted by atomic mass is 16.2. The van der Waals surface area contributed by atoms with E-state index in [9.17, 15) is 14.4 Å². The van der Waals surface area contributed by atoms with Crippen LogP contribution in [0.1, 0.15) is 13.8 Å². The van der Waals surface area contributed by atoms with Crippen LogP contribution in [0.25, 0.3) is 0 Å². The maximum absolute atomic E-state index is 12.6. The Kier molecular flexibility index (Phi) is 5.31. The number of benzene rings is 2. The standard InChI is InChI=1S/C18H19N3O3/c1-3-20(15-7-5-4-6-8-15)17(23)18(24)21(13(2)22)16-11-9-14(19)10-12-16/h4-12H,3,19H2,1-2H3. The van der Waals surface area contributed by atoms with E-state index in [0.717, 1.165) is 4.90 Å². The number of imide groups is 1. The molecule has 0 fully saturated rings. The van der Waals surface area contributed by atoms with E-state index in [-0.39, 0.29) is 0 Å². The fourth-order valence-electron chi connectivity index (χ4n) is 2.33. The molecule has 0 saturated carbocycles. The Morgan fingerprint density at radius 1 is 0.875 bits per heavy atom. The summed E-state index contributed by atoms with van der Waals surface area (Å²) in [6.07, 6.45) is 0. The van der Waals surface area contributed by atoms with Gasteiger partial charge in [-0.15, -0.1) is 0 Å². The first kappa shape index (κ1) is 17.2. The molecule has 6 heteroatoms. The third kappa shape index (κ3) is 3.60. The quantitative estimate of drug-likeness (QED) is 0.692. The van der Waals surface area contributed by atoms with Crippen molar-refractivity contribution in [3.63, 3.8) is 0 Å². The van der Waals surface area contributed by atoms with Crippen LogP contribution in [-0.2, 0) is 14.4 Å². The molecule has 0 bridgehead atoms. The molecule has 124 valence electrons. The summed E-state index contributed by atoms with van der Waals surface area (Å²) < 4.78 is 0. The molecule has 2 rings (SSSR count). The second kappa shape index (κ2) is 7.41. The molecule has 2 aromatic carbocycles. The van der Waals surface area contributed by atoms with Gasteiger partial charge in [0.15, 0.2) is 0 Å². The Bertz CT molecular complexity index is 742. The predicted molar refractivity (Wildman–Crippen MR) is 93.5 cm³/mol. The zero-order chi connectivity index (χ0) is 17.7. The van der Waals surface area contributed by atoms with E-state index >= 15 is 0 Å². The summed E-state index contributed by atoms with van der Waals surface area (Å²) in [5, 5.41) is 0. The molecule has 0 aliphatic rings. The number of carbonyl (C=O) groups excluding carboxylic acids is 3. The lowest BCUT2D eigenvalue weighted by atomic mass is 10.2. The number of hydrogen-bond acceptors (Lipinski definition) is 4. The molecule has 0 saturated heterocycles. The fourth-order valence-corrected chi connectivity index (χ4v) is 2.33. The molecule has 0 atom stereocenters. The molecular formula is C18H19N3O3. The second-order valence-electron chi connectivity index (χ2n) is 5.14. The van der Waals surface area contributed by atoms with Crippen molar-refractivity contribution in [1.82, 2.24) is 0 Å². The monoisotopic (exact) mass is 325 g/mol. The van der Waals surface area contributed by atoms with Gasteiger partial charge < -0.3 is 10.6 Å². The molecular weight excluding hydrogens is 306 g/mol. The Labute approximate surface area is 140 Å². The molecule has 0 spiro atoms. The third-order valence-corrected chi connectivity index (χ3v) is 3.48. The van der Waals surface area contributed by atoms with Gasteiger partial charge in [-0.25, -0.2) is 4.90 Å². The van der Waals surface area contributed by atoms with Crippen LogP contribution in [0.2, 0.25) is 0 Å². The van der Waals surface area contributed by atoms with Crippen LogP contribution in [0.5, 0.6) is 0 Å². The van der Waals surface area contributed by atoms with Crippen molar-refractivity contribution in [3.8, 4) is 0 Å². The van der Waals surface area contributed by atoms with Crippen LogP contribution in [0.4, 0.5) is 17.1 Å². The molecule has 3 amide bonds. The number of amides is 3. The second-order valence-corrected chi connectivity index (χ2v) is 5.14. The number of para-hydroxylation sites is 1. The number of anilines is 3. The van der Waals surface area contributed by atoms with E-state index in [0.29, 0.717) is 23.6 Å². The molecule has 0 unspecified atom stereocenters. The Morgan fingerprint density at radius 2 is 1.46 bits per heavy atom. The van der Waals surface area contributed by atoms with Gasteiger partial charge in [0.1, 0.15) is 0 Å². The van der Waals surface area contributed by atoms with E-state index in [1.54, 1.807) is 43.3 Å². The maximum atomic E-state index is 12.6. The van der Waals surface area contributed by atoms with E-state index < -0.39 is 17.7 Å². The van der Waals surface area contributed by atoms with Crippen LogP contribution in [0.3, 0.4) is 0 Å². The fraction of sp³-hybridized carbons (Fsp3) is 0.167. The highest BCUT2D eigenvalue weighted by molar-refractivity contribution is 6.48. The van der Waals surface area contributed by atoms with Gasteiger partial charge in [-0.1, -0.05) is 18.2 Å². The topological polar surface area (TPSA) is 83.7 Å². The van der Waals surface area contributed by atoms with Crippen LogP contribution in [0, 0.1) is 0 Å². The van der Waals surface area contributed by atoms with Crippen molar-refractivity contribution >= 4 is 34.8 Å². The molecule has 2 N–H and O–H groups in total. The van der Waals surface area contributed by atoms with Crippen LogP contribution in [-0.4, -0.2) is 24.3 Å². The number of nitrogens with two attached hydrogens (primary N) is 1. The van der Waals surface area contributed by atoms with Crippen LogP contribution < -0.4 is 15.5 Å². The summed E-state index contributed by atoms with van der Waals surface area (Å²) in [5.74, 6) is -2.21. The summed E-state index contributed by atoms with van der Waals surface area (Å²) in [6.45, 7) is 3.31. The summed E-state index contributed by atoms with van der Waals surface area (Å²) in [5.41, 5.74) is 7.02. The van der Waals surface area contributed by atoms with Crippen molar-refractivity contribution in [3.05, 3.63) is 54.6 Å². The molecule has 0 radical (unpaired) electrons. The average molecular weight is 325 g/mol. The van der Waals surface area contributed by atoms with Crippen molar-refractivity contribution in [2.24, 2.45) is 0 Å². The predicted octanol–water partition coefficient (Wildman–Crippen LogP) is 2.20. The van der Waals surface area contributed by atoms with Gasteiger partial charge in [0.2, 0.25) is 5.91 Å². The lowest BCUT2D eigenvalue weighted by Gasteiger charge is -2.24. The number of nitrogens with zero attached hydrogens (tertiary/aromatic N) is 2. The Morgan fingerprint density at radius 3 is 1.96 bits per heavy atom. The van der Waals surface area contributed by atoms with E-state index in [4.69, 9.17) is 5.73 Å². The van der Waals surface area contributed by atoms with Gasteiger partial charge in [-0.05, 0) is 43.3 Å². The number of likely N-dealkylation sites (N-methyl/N-ethyl adjacent to an activating group) is 1. The number of carbonyl (C=O) groups is 3. The summed E-state index contributed by atoms with van der Waals surface area (Å²) in [6, 6.07) is 15.0. The third-order valence-electron chi connectivity index (χ3n) is 3.48. The summed E-state index contributed by atoms with van der Waals surface area (Å²) in [4.78, 5) is 39.4. The Hall–Kier alpha value is -3.15. The smallest absolute Gasteiger partial charge is 0.323 e. The number of nitrogen functional groups attached to an aromatic ring is 1. The molecule has 2 aromatic rings. The zero-order valence-electron chi connectivity index (χ0n) is 13.6. The van der Waals surface area contributed by atoms with Gasteiger partial charge >= 0.3 is 11.8 Å². The summed E-state index contributed by atoms with van der Waals surface area (Å²) in [7, 11) is 0.